The molecule has 4 heteroatoms. The lowest BCUT2D eigenvalue weighted by atomic mass is 10.2. The van der Waals surface area contributed by atoms with E-state index >= 15 is 0 Å². The van der Waals surface area contributed by atoms with E-state index in [1.54, 1.807) is 9.80 Å². The van der Waals surface area contributed by atoms with Crippen molar-refractivity contribution in [2.24, 2.45) is 0 Å². The number of nitrogens with zero attached hydrogens (tertiary/aromatic N) is 2. The maximum Gasteiger partial charge on any atom is 0.241 e. The van der Waals surface area contributed by atoms with E-state index in [1.807, 2.05) is 61.5 Å². The van der Waals surface area contributed by atoms with E-state index in [4.69, 9.17) is 0 Å². The van der Waals surface area contributed by atoms with E-state index in [0.717, 1.165) is 23.5 Å². The van der Waals surface area contributed by atoms with Crippen molar-refractivity contribution in [3.8, 4) is 0 Å². The molecule has 0 atom stereocenters. The lowest BCUT2D eigenvalue weighted by molar-refractivity contribution is -0.125. The molecule has 22 heavy (non-hydrogen) atoms. The van der Waals surface area contributed by atoms with Crippen LogP contribution in [0, 0.1) is 0 Å². The van der Waals surface area contributed by atoms with Crippen LogP contribution in [-0.2, 0) is 9.59 Å². The number of hydrogen-bond acceptors (Lipinski definition) is 2. The number of benzene rings is 2. The maximum absolute atomic E-state index is 12.6. The number of amides is 2. The van der Waals surface area contributed by atoms with Crippen molar-refractivity contribution in [1.82, 2.24) is 0 Å². The zero-order chi connectivity index (χ0) is 15.5. The molecule has 1 heterocycles. The summed E-state index contributed by atoms with van der Waals surface area (Å²) in [6, 6.07) is 17.0. The highest BCUT2D eigenvalue weighted by atomic mass is 16.2. The van der Waals surface area contributed by atoms with E-state index in [2.05, 4.69) is 0 Å². The molecular formula is C18H18N2O2. The Morgan fingerprint density at radius 2 is 1.50 bits per heavy atom. The van der Waals surface area contributed by atoms with Gasteiger partial charge in [0, 0.05) is 12.2 Å². The van der Waals surface area contributed by atoms with Gasteiger partial charge in [0.15, 0.2) is 0 Å². The van der Waals surface area contributed by atoms with E-state index in [0.29, 0.717) is 6.54 Å². The number of anilines is 3. The summed E-state index contributed by atoms with van der Waals surface area (Å²) in [5, 5.41) is 0. The van der Waals surface area contributed by atoms with Crippen LogP contribution in [0.5, 0.6) is 0 Å². The monoisotopic (exact) mass is 294 g/mol. The molecule has 0 bridgehead atoms. The van der Waals surface area contributed by atoms with Gasteiger partial charge in [-0.1, -0.05) is 37.3 Å². The standard InChI is InChI=1S/C18H18N2O2/c1-2-12-19-15-10-6-7-11-16(15)20(18(22)13-17(19)21)14-8-4-3-5-9-14/h3-11H,2,12-13H2,1H3. The van der Waals surface area contributed by atoms with Gasteiger partial charge in [-0.3, -0.25) is 14.5 Å². The highest BCUT2D eigenvalue weighted by Crippen LogP contribution is 2.37. The molecule has 1 aliphatic heterocycles. The second kappa shape index (κ2) is 6.02. The normalized spacial score (nSPS) is 14.8. The van der Waals surface area contributed by atoms with Gasteiger partial charge in [0.05, 0.1) is 11.4 Å². The van der Waals surface area contributed by atoms with Gasteiger partial charge in [-0.15, -0.1) is 0 Å². The first-order valence-electron chi connectivity index (χ1n) is 7.49. The van der Waals surface area contributed by atoms with Gasteiger partial charge in [0.2, 0.25) is 11.8 Å². The first-order valence-corrected chi connectivity index (χ1v) is 7.49. The maximum atomic E-state index is 12.6. The number of rotatable bonds is 3. The fourth-order valence-electron chi connectivity index (χ4n) is 2.78. The lowest BCUT2D eigenvalue weighted by Crippen LogP contribution is -2.32. The summed E-state index contributed by atoms with van der Waals surface area (Å²) in [6.45, 7) is 2.64. The summed E-state index contributed by atoms with van der Waals surface area (Å²) < 4.78 is 0. The fourth-order valence-corrected chi connectivity index (χ4v) is 2.78. The number of para-hydroxylation sites is 3. The average Bonchev–Trinajstić information content (AvgIpc) is 2.64. The first kappa shape index (κ1) is 14.3. The SMILES string of the molecule is CCCN1C(=O)CC(=O)N(c2ccccc2)c2ccccc21. The minimum atomic E-state index is -0.192. The Hall–Kier alpha value is -2.62. The molecule has 0 aromatic heterocycles. The topological polar surface area (TPSA) is 40.6 Å². The van der Waals surface area contributed by atoms with Crippen LogP contribution in [0.1, 0.15) is 19.8 Å². The Morgan fingerprint density at radius 1 is 0.864 bits per heavy atom. The molecular weight excluding hydrogens is 276 g/mol. The Morgan fingerprint density at radius 3 is 2.18 bits per heavy atom. The molecule has 0 fully saturated rings. The predicted octanol–water partition coefficient (Wildman–Crippen LogP) is 3.50. The third-order valence-electron chi connectivity index (χ3n) is 3.73. The quantitative estimate of drug-likeness (QED) is 0.813. The highest BCUT2D eigenvalue weighted by molar-refractivity contribution is 6.18. The third kappa shape index (κ3) is 2.48. The summed E-state index contributed by atoms with van der Waals surface area (Å²) >= 11 is 0. The van der Waals surface area contributed by atoms with Crippen LogP contribution in [0.2, 0.25) is 0 Å². The fraction of sp³-hybridized carbons (Fsp3) is 0.222. The zero-order valence-corrected chi connectivity index (χ0v) is 12.5. The van der Waals surface area contributed by atoms with Crippen molar-refractivity contribution in [2.75, 3.05) is 16.3 Å². The molecule has 0 aliphatic carbocycles. The van der Waals surface area contributed by atoms with Crippen molar-refractivity contribution in [2.45, 2.75) is 19.8 Å². The number of fused-ring (bicyclic) bond motifs is 1. The minimum absolute atomic E-state index is 0.108. The number of hydrogen-bond donors (Lipinski definition) is 0. The van der Waals surface area contributed by atoms with Crippen LogP contribution in [0.25, 0.3) is 0 Å². The molecule has 112 valence electrons. The predicted molar refractivity (Wildman–Crippen MR) is 87.3 cm³/mol. The number of carbonyl (C=O) groups excluding carboxylic acids is 2. The second-order valence-electron chi connectivity index (χ2n) is 5.28. The van der Waals surface area contributed by atoms with Crippen molar-refractivity contribution in [3.05, 3.63) is 54.6 Å². The highest BCUT2D eigenvalue weighted by Gasteiger charge is 2.31. The van der Waals surface area contributed by atoms with Crippen molar-refractivity contribution in [1.29, 1.82) is 0 Å². The molecule has 2 aromatic carbocycles. The Labute approximate surface area is 130 Å². The van der Waals surface area contributed by atoms with Gasteiger partial charge in [-0.05, 0) is 30.7 Å². The summed E-state index contributed by atoms with van der Waals surface area (Å²) in [5.74, 6) is -0.333. The zero-order valence-electron chi connectivity index (χ0n) is 12.5. The van der Waals surface area contributed by atoms with E-state index in [-0.39, 0.29) is 18.2 Å². The smallest absolute Gasteiger partial charge is 0.241 e. The average molecular weight is 294 g/mol. The number of carbonyl (C=O) groups is 2. The molecule has 0 unspecified atom stereocenters. The summed E-state index contributed by atoms with van der Waals surface area (Å²) in [4.78, 5) is 28.4. The van der Waals surface area contributed by atoms with Crippen LogP contribution >= 0.6 is 0 Å². The van der Waals surface area contributed by atoms with Crippen LogP contribution in [-0.4, -0.2) is 18.4 Å². The van der Waals surface area contributed by atoms with E-state index in [9.17, 15) is 9.59 Å². The Bertz CT molecular complexity index is 697. The Kier molecular flexibility index (Phi) is 3.92. The van der Waals surface area contributed by atoms with Gasteiger partial charge in [-0.2, -0.15) is 0 Å². The molecule has 0 saturated carbocycles. The van der Waals surface area contributed by atoms with Crippen LogP contribution in [0.3, 0.4) is 0 Å². The molecule has 3 rings (SSSR count). The van der Waals surface area contributed by atoms with E-state index < -0.39 is 0 Å². The molecule has 0 saturated heterocycles. The largest absolute Gasteiger partial charge is 0.310 e. The van der Waals surface area contributed by atoms with E-state index in [1.165, 1.54) is 0 Å². The minimum Gasteiger partial charge on any atom is -0.310 e. The van der Waals surface area contributed by atoms with Crippen LogP contribution in [0.4, 0.5) is 17.1 Å². The van der Waals surface area contributed by atoms with Crippen LogP contribution < -0.4 is 9.80 Å². The molecule has 2 aromatic rings. The van der Waals surface area contributed by atoms with Crippen molar-refractivity contribution >= 4 is 28.9 Å². The molecule has 4 nitrogen and oxygen atoms in total. The second-order valence-corrected chi connectivity index (χ2v) is 5.28. The first-order chi connectivity index (χ1) is 10.7. The van der Waals surface area contributed by atoms with Crippen LogP contribution in [0.15, 0.2) is 54.6 Å². The summed E-state index contributed by atoms with van der Waals surface area (Å²) in [7, 11) is 0. The van der Waals surface area contributed by atoms with Gasteiger partial charge < -0.3 is 4.90 Å². The van der Waals surface area contributed by atoms with Gasteiger partial charge in [0.25, 0.3) is 0 Å². The third-order valence-corrected chi connectivity index (χ3v) is 3.73. The molecule has 0 N–H and O–H groups in total. The van der Waals surface area contributed by atoms with Crippen molar-refractivity contribution < 1.29 is 9.59 Å². The van der Waals surface area contributed by atoms with Gasteiger partial charge >= 0.3 is 0 Å². The molecule has 1 aliphatic rings. The molecule has 0 spiro atoms. The molecule has 0 radical (unpaired) electrons. The summed E-state index contributed by atoms with van der Waals surface area (Å²) in [5.41, 5.74) is 2.34. The van der Waals surface area contributed by atoms with Gasteiger partial charge in [0.1, 0.15) is 6.42 Å². The van der Waals surface area contributed by atoms with Gasteiger partial charge in [-0.25, -0.2) is 0 Å². The summed E-state index contributed by atoms with van der Waals surface area (Å²) in [6.07, 6.45) is 0.739. The Balaban J connectivity index is 2.16. The molecule has 2 amide bonds. The lowest BCUT2D eigenvalue weighted by Gasteiger charge is -2.25. The van der Waals surface area contributed by atoms with Crippen molar-refractivity contribution in [3.63, 3.8) is 0 Å².